The number of carbonyl (C=O) groups excluding carboxylic acids is 3. The number of imide groups is 1. The van der Waals surface area contributed by atoms with Crippen molar-refractivity contribution in [2.75, 3.05) is 5.32 Å². The van der Waals surface area contributed by atoms with Crippen LogP contribution < -0.4 is 5.32 Å². The summed E-state index contributed by atoms with van der Waals surface area (Å²) in [6, 6.07) is 10.5. The number of nitrogens with zero attached hydrogens (tertiary/aromatic N) is 1. The molecule has 1 unspecified atom stereocenters. The van der Waals surface area contributed by atoms with Crippen LogP contribution in [-0.2, 0) is 11.0 Å². The number of amides is 3. The summed E-state index contributed by atoms with van der Waals surface area (Å²) in [5.74, 6) is -14.0. The monoisotopic (exact) mass is 496 g/mol. The maximum Gasteiger partial charge on any atom is 0.422 e. The number of rotatable bonds is 4. The lowest BCUT2D eigenvalue weighted by molar-refractivity contribution is -0.143. The second kappa shape index (κ2) is 8.53. The van der Waals surface area contributed by atoms with Crippen LogP contribution in [0.15, 0.2) is 54.6 Å². The number of benzene rings is 3. The Labute approximate surface area is 191 Å². The predicted molar refractivity (Wildman–Crippen MR) is 106 cm³/mol. The summed E-state index contributed by atoms with van der Waals surface area (Å²) in [5, 5.41) is 1.50. The van der Waals surface area contributed by atoms with Crippen molar-refractivity contribution in [3.8, 4) is 0 Å². The summed E-state index contributed by atoms with van der Waals surface area (Å²) >= 11 is 0. The zero-order chi connectivity index (χ0) is 25.7. The Balaban J connectivity index is 1.80. The van der Waals surface area contributed by atoms with Crippen molar-refractivity contribution < 1.29 is 45.1 Å². The first-order chi connectivity index (χ1) is 16.4. The van der Waals surface area contributed by atoms with E-state index in [0.29, 0.717) is 4.90 Å². The van der Waals surface area contributed by atoms with Crippen molar-refractivity contribution in [2.24, 2.45) is 0 Å². The highest BCUT2D eigenvalue weighted by molar-refractivity contribution is 6.23. The van der Waals surface area contributed by atoms with E-state index in [2.05, 4.69) is 0 Å². The lowest BCUT2D eigenvalue weighted by Crippen LogP contribution is -2.41. The molecule has 1 N–H and O–H groups in total. The van der Waals surface area contributed by atoms with Crippen LogP contribution in [0.3, 0.4) is 0 Å². The lowest BCUT2D eigenvalue weighted by Gasteiger charge is -2.26. The van der Waals surface area contributed by atoms with Gasteiger partial charge in [-0.2, -0.15) is 13.2 Å². The first kappa shape index (κ1) is 23.9. The molecule has 0 aromatic heterocycles. The SMILES string of the molecule is O=C(Nc1c(F)c(F)c(C(F)(F)F)c(F)c1F)C(c1ccccc1)N1C(=O)c2ccccc2C1=O. The number of anilines is 1. The van der Waals surface area contributed by atoms with Crippen molar-refractivity contribution >= 4 is 23.4 Å². The van der Waals surface area contributed by atoms with E-state index in [-0.39, 0.29) is 16.7 Å². The average molecular weight is 496 g/mol. The summed E-state index contributed by atoms with van der Waals surface area (Å²) in [7, 11) is 0. The smallest absolute Gasteiger partial charge is 0.319 e. The van der Waals surface area contributed by atoms with Crippen LogP contribution >= 0.6 is 0 Å². The Bertz CT molecular complexity index is 1310. The van der Waals surface area contributed by atoms with Crippen LogP contribution in [0, 0.1) is 23.3 Å². The Hall–Kier alpha value is -4.22. The predicted octanol–water partition coefficient (Wildman–Crippen LogP) is 5.24. The number of carbonyl (C=O) groups is 3. The minimum atomic E-state index is -5.77. The van der Waals surface area contributed by atoms with Gasteiger partial charge in [-0.1, -0.05) is 42.5 Å². The Morgan fingerprint density at radius 2 is 1.20 bits per heavy atom. The number of nitrogens with one attached hydrogen (secondary N) is 1. The standard InChI is InChI=1S/C23H11F7N2O3/c24-14-13(23(28,29)30)15(25)17(27)18(16(14)26)31-20(33)19(10-6-2-1-3-7-10)32-21(34)11-8-4-5-9-12(11)22(32)35/h1-9,19H,(H,31,33). The fourth-order valence-electron chi connectivity index (χ4n) is 3.68. The topological polar surface area (TPSA) is 66.5 Å². The molecule has 0 saturated carbocycles. The van der Waals surface area contributed by atoms with Gasteiger partial charge in [0.15, 0.2) is 23.3 Å². The van der Waals surface area contributed by atoms with Crippen LogP contribution in [0.4, 0.5) is 36.4 Å². The largest absolute Gasteiger partial charge is 0.422 e. The molecule has 1 aliphatic heterocycles. The first-order valence-electron chi connectivity index (χ1n) is 9.71. The molecule has 3 aromatic rings. The van der Waals surface area contributed by atoms with Crippen LogP contribution in [-0.4, -0.2) is 22.6 Å². The number of alkyl halides is 3. The lowest BCUT2D eigenvalue weighted by atomic mass is 10.0. The summed E-state index contributed by atoms with van der Waals surface area (Å²) in [6.45, 7) is 0. The maximum absolute atomic E-state index is 14.4. The first-order valence-corrected chi connectivity index (χ1v) is 9.71. The van der Waals surface area contributed by atoms with E-state index < -0.39 is 64.5 Å². The Morgan fingerprint density at radius 3 is 1.66 bits per heavy atom. The highest BCUT2D eigenvalue weighted by atomic mass is 19.4. The van der Waals surface area contributed by atoms with Crippen molar-refractivity contribution in [3.05, 3.63) is 100 Å². The normalized spacial score (nSPS) is 14.2. The number of hydrogen-bond donors (Lipinski definition) is 1. The molecular formula is C23H11F7N2O3. The summed E-state index contributed by atoms with van der Waals surface area (Å²) < 4.78 is 95.3. The van der Waals surface area contributed by atoms with E-state index in [0.717, 1.165) is 0 Å². The molecule has 0 fully saturated rings. The molecule has 0 saturated heterocycles. The van der Waals surface area contributed by atoms with Crippen molar-refractivity contribution in [2.45, 2.75) is 12.2 Å². The number of hydrogen-bond acceptors (Lipinski definition) is 3. The average Bonchev–Trinajstić information content (AvgIpc) is 3.06. The van der Waals surface area contributed by atoms with Gasteiger partial charge >= 0.3 is 6.18 Å². The van der Waals surface area contributed by atoms with Gasteiger partial charge < -0.3 is 5.32 Å². The summed E-state index contributed by atoms with van der Waals surface area (Å²) in [6.07, 6.45) is -5.77. The molecule has 4 rings (SSSR count). The van der Waals surface area contributed by atoms with Gasteiger partial charge in [0.25, 0.3) is 17.7 Å². The molecule has 1 aliphatic rings. The van der Waals surface area contributed by atoms with Gasteiger partial charge in [-0.3, -0.25) is 19.3 Å². The molecule has 3 aromatic carbocycles. The molecule has 0 radical (unpaired) electrons. The van der Waals surface area contributed by atoms with Gasteiger partial charge in [-0.05, 0) is 17.7 Å². The highest BCUT2D eigenvalue weighted by Gasteiger charge is 2.45. The quantitative estimate of drug-likeness (QED) is 0.305. The molecule has 0 spiro atoms. The zero-order valence-electron chi connectivity index (χ0n) is 17.1. The molecule has 0 bridgehead atoms. The molecule has 0 aliphatic carbocycles. The minimum Gasteiger partial charge on any atom is -0.319 e. The molecule has 5 nitrogen and oxygen atoms in total. The van der Waals surface area contributed by atoms with E-state index in [1.54, 1.807) is 0 Å². The highest BCUT2D eigenvalue weighted by Crippen LogP contribution is 2.39. The third-order valence-corrected chi connectivity index (χ3v) is 5.24. The van der Waals surface area contributed by atoms with E-state index in [1.165, 1.54) is 59.9 Å². The molecule has 35 heavy (non-hydrogen) atoms. The number of fused-ring (bicyclic) bond motifs is 1. The van der Waals surface area contributed by atoms with Gasteiger partial charge in [0.2, 0.25) is 0 Å². The van der Waals surface area contributed by atoms with Crippen LogP contribution in [0.25, 0.3) is 0 Å². The molecule has 12 heteroatoms. The molecule has 180 valence electrons. The van der Waals surface area contributed by atoms with Gasteiger partial charge in [-0.15, -0.1) is 0 Å². The fraction of sp³-hybridized carbons (Fsp3) is 0.0870. The van der Waals surface area contributed by atoms with Gasteiger partial charge in [0, 0.05) is 0 Å². The molecule has 1 atom stereocenters. The van der Waals surface area contributed by atoms with E-state index in [9.17, 15) is 45.1 Å². The van der Waals surface area contributed by atoms with Crippen molar-refractivity contribution in [1.82, 2.24) is 4.90 Å². The van der Waals surface area contributed by atoms with E-state index in [1.807, 2.05) is 0 Å². The van der Waals surface area contributed by atoms with Gasteiger partial charge in [0.05, 0.1) is 11.1 Å². The van der Waals surface area contributed by atoms with Crippen LogP contribution in [0.1, 0.15) is 37.9 Å². The summed E-state index contributed by atoms with van der Waals surface area (Å²) in [4.78, 5) is 39.4. The van der Waals surface area contributed by atoms with Crippen LogP contribution in [0.2, 0.25) is 0 Å². The molecule has 1 heterocycles. The van der Waals surface area contributed by atoms with Crippen molar-refractivity contribution in [3.63, 3.8) is 0 Å². The van der Waals surface area contributed by atoms with Crippen molar-refractivity contribution in [1.29, 1.82) is 0 Å². The third-order valence-electron chi connectivity index (χ3n) is 5.24. The number of halogens is 7. The van der Waals surface area contributed by atoms with E-state index >= 15 is 0 Å². The Kier molecular flexibility index (Phi) is 5.83. The van der Waals surface area contributed by atoms with Crippen LogP contribution in [0.5, 0.6) is 0 Å². The Morgan fingerprint density at radius 1 is 0.743 bits per heavy atom. The molecule has 3 amide bonds. The maximum atomic E-state index is 14.4. The van der Waals surface area contributed by atoms with E-state index in [4.69, 9.17) is 0 Å². The van der Waals surface area contributed by atoms with Gasteiger partial charge in [0.1, 0.15) is 17.3 Å². The fourth-order valence-corrected chi connectivity index (χ4v) is 3.68. The minimum absolute atomic E-state index is 0.0341. The molecular weight excluding hydrogens is 485 g/mol. The summed E-state index contributed by atoms with van der Waals surface area (Å²) in [5.41, 5.74) is -4.85. The third kappa shape index (κ3) is 3.90. The second-order valence-electron chi connectivity index (χ2n) is 7.33. The van der Waals surface area contributed by atoms with Gasteiger partial charge in [-0.25, -0.2) is 17.6 Å². The second-order valence-corrected chi connectivity index (χ2v) is 7.33. The zero-order valence-corrected chi connectivity index (χ0v) is 17.1.